The number of carboxylic acid groups (broad SMARTS) is 1. The van der Waals surface area contributed by atoms with Crippen molar-refractivity contribution in [1.29, 1.82) is 0 Å². The maximum atomic E-state index is 14.0. The van der Waals surface area contributed by atoms with Crippen LogP contribution in [0, 0.1) is 5.41 Å². The fraction of sp³-hybridized carbons (Fsp3) is 0.455. The van der Waals surface area contributed by atoms with Gasteiger partial charge in [0.2, 0.25) is 10.0 Å². The Morgan fingerprint density at radius 3 is 2.40 bits per heavy atom. The van der Waals surface area contributed by atoms with Gasteiger partial charge in [0, 0.05) is 68.4 Å². The standard InChI is InChI=1S/C33H38F2N8O4S/c34-33(35)9-15-42(16-10-33)29-20-25(18-23-2-1-11-37-31(23)29)43-22-27(38-40-43)26-4-3-24(39-48(46,47)17-12-36-21-30(44)45)19-28(26)41-13-7-32(5-6-32)8-14-41/h1-4,11,18-20,22,36,39H,5-10,12-17,21H2,(H,44,45). The summed E-state index contributed by atoms with van der Waals surface area (Å²) >= 11 is 0. The lowest BCUT2D eigenvalue weighted by Crippen LogP contribution is -2.39. The van der Waals surface area contributed by atoms with E-state index in [0.717, 1.165) is 59.5 Å². The maximum absolute atomic E-state index is 14.0. The van der Waals surface area contributed by atoms with Crippen LogP contribution in [0.15, 0.2) is 54.9 Å². The first-order valence-corrected chi connectivity index (χ1v) is 17.9. The van der Waals surface area contributed by atoms with Crippen molar-refractivity contribution in [1.82, 2.24) is 25.3 Å². The zero-order chi connectivity index (χ0) is 33.5. The number of sulfonamides is 1. The Labute approximate surface area is 277 Å². The third kappa shape index (κ3) is 7.06. The van der Waals surface area contributed by atoms with Crippen molar-refractivity contribution in [3.8, 4) is 16.9 Å². The number of piperidine rings is 2. The minimum Gasteiger partial charge on any atom is -0.480 e. The van der Waals surface area contributed by atoms with Crippen molar-refractivity contribution in [3.63, 3.8) is 0 Å². The number of aromatic nitrogens is 4. The molecule has 4 aromatic rings. The second-order valence-electron chi connectivity index (χ2n) is 13.1. The van der Waals surface area contributed by atoms with Crippen molar-refractivity contribution < 1.29 is 27.1 Å². The number of hydrogen-bond donors (Lipinski definition) is 3. The molecule has 3 N–H and O–H groups in total. The Kier molecular flexibility index (Phi) is 8.44. The summed E-state index contributed by atoms with van der Waals surface area (Å²) in [6.45, 7) is 1.81. The lowest BCUT2D eigenvalue weighted by molar-refractivity contribution is -0.135. The average Bonchev–Trinajstić information content (AvgIpc) is 3.62. The van der Waals surface area contributed by atoms with Crippen LogP contribution in [-0.2, 0) is 14.8 Å². The van der Waals surface area contributed by atoms with E-state index in [9.17, 15) is 22.0 Å². The molecule has 48 heavy (non-hydrogen) atoms. The van der Waals surface area contributed by atoms with Gasteiger partial charge in [-0.3, -0.25) is 14.5 Å². The number of halogens is 2. The topological polar surface area (TPSA) is 146 Å². The molecule has 0 unspecified atom stereocenters. The van der Waals surface area contributed by atoms with E-state index in [-0.39, 0.29) is 44.8 Å². The van der Waals surface area contributed by atoms with E-state index in [0.29, 0.717) is 16.8 Å². The van der Waals surface area contributed by atoms with E-state index in [1.54, 1.807) is 16.9 Å². The fourth-order valence-corrected chi connectivity index (χ4v) is 7.72. The summed E-state index contributed by atoms with van der Waals surface area (Å²) in [6, 6.07) is 13.0. The van der Waals surface area contributed by atoms with Crippen LogP contribution < -0.4 is 19.8 Å². The Balaban J connectivity index is 1.19. The largest absolute Gasteiger partial charge is 0.480 e. The molecule has 0 amide bonds. The summed E-state index contributed by atoms with van der Waals surface area (Å²) < 4.78 is 58.0. The highest BCUT2D eigenvalue weighted by Crippen LogP contribution is 2.54. The SMILES string of the molecule is O=C(O)CNCCS(=O)(=O)Nc1ccc(-c2cn(-c3cc(N4CCC(F)(F)CC4)c4ncccc4c3)nn2)c(N2CCC3(CC2)CC3)c1. The molecular weight excluding hydrogens is 642 g/mol. The minimum absolute atomic E-state index is 0.000669. The third-order valence-electron chi connectivity index (χ3n) is 9.76. The van der Waals surface area contributed by atoms with Crippen LogP contribution in [0.2, 0.25) is 0 Å². The Bertz CT molecular complexity index is 1930. The van der Waals surface area contributed by atoms with Gasteiger partial charge in [-0.1, -0.05) is 11.3 Å². The number of alkyl halides is 2. The number of rotatable bonds is 11. The highest BCUT2D eigenvalue weighted by molar-refractivity contribution is 7.92. The minimum atomic E-state index is -3.74. The van der Waals surface area contributed by atoms with Gasteiger partial charge in [0.05, 0.1) is 41.1 Å². The monoisotopic (exact) mass is 680 g/mol. The normalized spacial score (nSPS) is 18.7. The summed E-state index contributed by atoms with van der Waals surface area (Å²) in [6.07, 6.45) is 7.74. The summed E-state index contributed by atoms with van der Waals surface area (Å²) in [5, 5.41) is 21.3. The number of hydrogen-bond acceptors (Lipinski definition) is 9. The molecule has 2 aromatic carbocycles. The number of fused-ring (bicyclic) bond motifs is 1. The van der Waals surface area contributed by atoms with Gasteiger partial charge >= 0.3 is 5.97 Å². The predicted octanol–water partition coefficient (Wildman–Crippen LogP) is 4.51. The third-order valence-corrected chi connectivity index (χ3v) is 11.0. The smallest absolute Gasteiger partial charge is 0.317 e. The summed E-state index contributed by atoms with van der Waals surface area (Å²) in [4.78, 5) is 19.6. The van der Waals surface area contributed by atoms with E-state index >= 15 is 0 Å². The number of nitrogens with one attached hydrogen (secondary N) is 2. The van der Waals surface area contributed by atoms with Gasteiger partial charge < -0.3 is 20.2 Å². The van der Waals surface area contributed by atoms with Crippen LogP contribution in [0.4, 0.5) is 25.8 Å². The van der Waals surface area contributed by atoms with Crippen LogP contribution in [0.5, 0.6) is 0 Å². The molecule has 3 aliphatic rings. The lowest BCUT2D eigenvalue weighted by atomic mass is 9.93. The van der Waals surface area contributed by atoms with E-state index in [4.69, 9.17) is 5.11 Å². The molecule has 3 fully saturated rings. The van der Waals surface area contributed by atoms with Crippen LogP contribution in [0.1, 0.15) is 38.5 Å². The van der Waals surface area contributed by atoms with Crippen LogP contribution >= 0.6 is 0 Å². The van der Waals surface area contributed by atoms with Gasteiger partial charge in [0.15, 0.2) is 0 Å². The van der Waals surface area contributed by atoms with Gasteiger partial charge in [0.25, 0.3) is 5.92 Å². The Hall–Kier alpha value is -4.37. The lowest BCUT2D eigenvalue weighted by Gasteiger charge is -2.35. The van der Waals surface area contributed by atoms with Gasteiger partial charge in [-0.05, 0) is 67.5 Å². The second kappa shape index (κ2) is 12.6. The van der Waals surface area contributed by atoms with E-state index in [1.807, 2.05) is 47.5 Å². The van der Waals surface area contributed by atoms with Crippen molar-refractivity contribution >= 4 is 44.0 Å². The summed E-state index contributed by atoms with van der Waals surface area (Å²) in [7, 11) is -3.74. The van der Waals surface area contributed by atoms with Crippen LogP contribution in [0.3, 0.4) is 0 Å². The highest BCUT2D eigenvalue weighted by Gasteiger charge is 2.44. The van der Waals surface area contributed by atoms with Crippen molar-refractivity contribution in [2.75, 3.05) is 59.5 Å². The quantitative estimate of drug-likeness (QED) is 0.194. The van der Waals surface area contributed by atoms with Crippen LogP contribution in [-0.4, -0.2) is 90.4 Å². The second-order valence-corrected chi connectivity index (χ2v) is 15.0. The van der Waals surface area contributed by atoms with Crippen molar-refractivity contribution in [3.05, 3.63) is 54.9 Å². The number of nitrogens with zero attached hydrogens (tertiary/aromatic N) is 6. The molecular formula is C33H38F2N8O4S. The van der Waals surface area contributed by atoms with Gasteiger partial charge in [-0.15, -0.1) is 5.10 Å². The molecule has 2 saturated heterocycles. The Morgan fingerprint density at radius 2 is 1.67 bits per heavy atom. The van der Waals surface area contributed by atoms with Gasteiger partial charge in [-0.2, -0.15) is 0 Å². The molecule has 15 heteroatoms. The van der Waals surface area contributed by atoms with E-state index < -0.39 is 21.9 Å². The number of carbonyl (C=O) groups is 1. The number of carboxylic acids is 1. The first-order chi connectivity index (χ1) is 23.0. The predicted molar refractivity (Wildman–Crippen MR) is 180 cm³/mol. The molecule has 1 saturated carbocycles. The molecule has 4 heterocycles. The summed E-state index contributed by atoms with van der Waals surface area (Å²) in [5.74, 6) is -4.00. The molecule has 12 nitrogen and oxygen atoms in total. The van der Waals surface area contributed by atoms with E-state index in [1.165, 1.54) is 12.8 Å². The molecule has 254 valence electrons. The molecule has 0 atom stereocenters. The van der Waals surface area contributed by atoms with Crippen molar-refractivity contribution in [2.45, 2.75) is 44.4 Å². The molecule has 7 rings (SSSR count). The van der Waals surface area contributed by atoms with Crippen molar-refractivity contribution in [2.24, 2.45) is 5.41 Å². The number of pyridine rings is 1. The molecule has 2 aliphatic heterocycles. The molecule has 0 bridgehead atoms. The summed E-state index contributed by atoms with van der Waals surface area (Å²) in [5.41, 5.74) is 5.34. The number of benzene rings is 2. The van der Waals surface area contributed by atoms with Gasteiger partial charge in [-0.25, -0.2) is 21.9 Å². The molecule has 1 aliphatic carbocycles. The van der Waals surface area contributed by atoms with Crippen LogP contribution in [0.25, 0.3) is 27.8 Å². The first-order valence-electron chi connectivity index (χ1n) is 16.2. The van der Waals surface area contributed by atoms with E-state index in [2.05, 4.69) is 30.2 Å². The molecule has 1 spiro atoms. The average molecular weight is 681 g/mol. The zero-order valence-electron chi connectivity index (χ0n) is 26.4. The molecule has 2 aromatic heterocycles. The number of aliphatic carboxylic acids is 1. The van der Waals surface area contributed by atoms with Gasteiger partial charge in [0.1, 0.15) is 5.69 Å². The fourth-order valence-electron chi connectivity index (χ4n) is 6.72. The maximum Gasteiger partial charge on any atom is 0.317 e. The Morgan fingerprint density at radius 1 is 0.938 bits per heavy atom. The molecule has 0 radical (unpaired) electrons. The highest BCUT2D eigenvalue weighted by atomic mass is 32.2. The number of anilines is 3. The first kappa shape index (κ1) is 32.2. The zero-order valence-corrected chi connectivity index (χ0v) is 27.2.